The highest BCUT2D eigenvalue weighted by Gasteiger charge is 2.11. The van der Waals surface area contributed by atoms with Crippen LogP contribution in [0.4, 0.5) is 0 Å². The lowest BCUT2D eigenvalue weighted by Gasteiger charge is -2.07. The van der Waals surface area contributed by atoms with Crippen molar-refractivity contribution in [3.63, 3.8) is 0 Å². The van der Waals surface area contributed by atoms with Crippen LogP contribution in [0.2, 0.25) is 0 Å². The molecular weight excluding hydrogens is 170 g/mol. The first-order chi connectivity index (χ1) is 5.65. The van der Waals surface area contributed by atoms with E-state index in [2.05, 4.69) is 6.92 Å². The number of rotatable bonds is 3. The molecule has 0 amide bonds. The molecule has 68 valence electrons. The van der Waals surface area contributed by atoms with Crippen LogP contribution < -0.4 is 5.73 Å². The van der Waals surface area contributed by atoms with Gasteiger partial charge in [0.25, 0.3) is 0 Å². The van der Waals surface area contributed by atoms with Gasteiger partial charge in [0.05, 0.1) is 6.10 Å². The van der Waals surface area contributed by atoms with Gasteiger partial charge in [-0.2, -0.15) is 0 Å². The van der Waals surface area contributed by atoms with Gasteiger partial charge in [0, 0.05) is 9.75 Å². The van der Waals surface area contributed by atoms with E-state index in [1.165, 1.54) is 9.75 Å². The average Bonchev–Trinajstić information content (AvgIpc) is 2.30. The van der Waals surface area contributed by atoms with Gasteiger partial charge in [-0.1, -0.05) is 0 Å². The second kappa shape index (κ2) is 4.03. The smallest absolute Gasteiger partial charge is 0.0812 e. The Morgan fingerprint density at radius 1 is 1.58 bits per heavy atom. The van der Waals surface area contributed by atoms with Crippen LogP contribution in [0.15, 0.2) is 6.07 Å². The van der Waals surface area contributed by atoms with Crippen LogP contribution in [0, 0.1) is 13.8 Å². The molecule has 1 aromatic rings. The van der Waals surface area contributed by atoms with Crippen molar-refractivity contribution in [3.8, 4) is 0 Å². The van der Waals surface area contributed by atoms with Crippen molar-refractivity contribution in [2.24, 2.45) is 5.73 Å². The number of thiophene rings is 1. The molecule has 1 aromatic heterocycles. The van der Waals surface area contributed by atoms with Crippen LogP contribution in [0.3, 0.4) is 0 Å². The molecule has 0 saturated carbocycles. The van der Waals surface area contributed by atoms with Crippen molar-refractivity contribution in [3.05, 3.63) is 21.4 Å². The van der Waals surface area contributed by atoms with E-state index in [0.717, 1.165) is 5.56 Å². The van der Waals surface area contributed by atoms with Gasteiger partial charge in [0.15, 0.2) is 0 Å². The average molecular weight is 185 g/mol. The lowest BCUT2D eigenvalue weighted by molar-refractivity contribution is 0.170. The monoisotopic (exact) mass is 185 g/mol. The van der Waals surface area contributed by atoms with Gasteiger partial charge in [0.1, 0.15) is 0 Å². The van der Waals surface area contributed by atoms with E-state index in [4.69, 9.17) is 5.73 Å². The maximum Gasteiger partial charge on any atom is 0.0812 e. The van der Waals surface area contributed by atoms with Crippen LogP contribution in [-0.4, -0.2) is 11.7 Å². The first kappa shape index (κ1) is 9.71. The highest BCUT2D eigenvalue weighted by molar-refractivity contribution is 7.12. The Morgan fingerprint density at radius 3 is 2.67 bits per heavy atom. The molecule has 1 rings (SSSR count). The number of hydrogen-bond donors (Lipinski definition) is 2. The Balaban J connectivity index is 2.79. The van der Waals surface area contributed by atoms with E-state index in [1.54, 1.807) is 11.3 Å². The molecule has 3 N–H and O–H groups in total. The molecule has 12 heavy (non-hydrogen) atoms. The number of aryl methyl sites for hydroxylation is 2. The summed E-state index contributed by atoms with van der Waals surface area (Å²) in [4.78, 5) is 2.45. The van der Waals surface area contributed by atoms with Crippen LogP contribution in [0.25, 0.3) is 0 Å². The SMILES string of the molecule is Cc1cc([C@H](O)CCN)c(C)s1. The minimum absolute atomic E-state index is 0.375. The fourth-order valence-electron chi connectivity index (χ4n) is 1.29. The molecule has 0 unspecified atom stereocenters. The molecule has 0 saturated heterocycles. The first-order valence-corrected chi connectivity index (χ1v) is 4.92. The van der Waals surface area contributed by atoms with Gasteiger partial charge >= 0.3 is 0 Å². The molecule has 0 radical (unpaired) electrons. The fourth-order valence-corrected chi connectivity index (χ4v) is 2.28. The second-order valence-corrected chi connectivity index (χ2v) is 4.42. The lowest BCUT2D eigenvalue weighted by atomic mass is 10.1. The van der Waals surface area contributed by atoms with E-state index in [0.29, 0.717) is 13.0 Å². The molecule has 1 atom stereocenters. The number of hydrogen-bond acceptors (Lipinski definition) is 3. The highest BCUT2D eigenvalue weighted by Crippen LogP contribution is 2.27. The third-order valence-electron chi connectivity index (χ3n) is 1.88. The summed E-state index contributed by atoms with van der Waals surface area (Å²) in [6, 6.07) is 2.04. The standard InChI is InChI=1S/C9H15NOS/c1-6-5-8(7(2)12-6)9(11)3-4-10/h5,9,11H,3-4,10H2,1-2H3/t9-/m1/s1. The minimum Gasteiger partial charge on any atom is -0.388 e. The van der Waals surface area contributed by atoms with Crippen LogP contribution in [0.1, 0.15) is 27.8 Å². The van der Waals surface area contributed by atoms with E-state index in [1.807, 2.05) is 13.0 Å². The molecule has 1 heterocycles. The van der Waals surface area contributed by atoms with E-state index in [-0.39, 0.29) is 6.10 Å². The van der Waals surface area contributed by atoms with E-state index >= 15 is 0 Å². The van der Waals surface area contributed by atoms with Crippen molar-refractivity contribution in [1.82, 2.24) is 0 Å². The van der Waals surface area contributed by atoms with Crippen molar-refractivity contribution >= 4 is 11.3 Å². The topological polar surface area (TPSA) is 46.2 Å². The zero-order chi connectivity index (χ0) is 9.14. The van der Waals surface area contributed by atoms with Crippen LogP contribution in [-0.2, 0) is 0 Å². The van der Waals surface area contributed by atoms with Gasteiger partial charge in [-0.05, 0) is 38.4 Å². The van der Waals surface area contributed by atoms with Gasteiger partial charge in [-0.25, -0.2) is 0 Å². The van der Waals surface area contributed by atoms with Crippen molar-refractivity contribution in [2.75, 3.05) is 6.54 Å². The van der Waals surface area contributed by atoms with E-state index in [9.17, 15) is 5.11 Å². The summed E-state index contributed by atoms with van der Waals surface area (Å²) in [5, 5.41) is 9.64. The predicted octanol–water partition coefficient (Wildman–Crippen LogP) is 1.75. The quantitative estimate of drug-likeness (QED) is 0.753. The second-order valence-electron chi connectivity index (χ2n) is 2.96. The summed E-state index contributed by atoms with van der Waals surface area (Å²) < 4.78 is 0. The predicted molar refractivity (Wildman–Crippen MR) is 52.4 cm³/mol. The number of aliphatic hydroxyl groups excluding tert-OH is 1. The van der Waals surface area contributed by atoms with Crippen molar-refractivity contribution < 1.29 is 5.11 Å². The minimum atomic E-state index is -0.375. The molecule has 0 aliphatic heterocycles. The maximum atomic E-state index is 9.64. The lowest BCUT2D eigenvalue weighted by Crippen LogP contribution is -2.06. The molecule has 0 aliphatic rings. The third-order valence-corrected chi connectivity index (χ3v) is 2.86. The summed E-state index contributed by atoms with van der Waals surface area (Å²) in [6.45, 7) is 4.62. The highest BCUT2D eigenvalue weighted by atomic mass is 32.1. The van der Waals surface area contributed by atoms with Crippen LogP contribution in [0.5, 0.6) is 0 Å². The largest absolute Gasteiger partial charge is 0.388 e. The van der Waals surface area contributed by atoms with Crippen molar-refractivity contribution in [1.29, 1.82) is 0 Å². The first-order valence-electron chi connectivity index (χ1n) is 4.10. The maximum absolute atomic E-state index is 9.64. The van der Waals surface area contributed by atoms with Gasteiger partial charge in [0.2, 0.25) is 0 Å². The summed E-state index contributed by atoms with van der Waals surface area (Å²) >= 11 is 1.72. The normalized spacial score (nSPS) is 13.3. The summed E-state index contributed by atoms with van der Waals surface area (Å²) in [7, 11) is 0. The molecule has 0 aliphatic carbocycles. The molecule has 0 spiro atoms. The van der Waals surface area contributed by atoms with Gasteiger partial charge in [-0.3, -0.25) is 0 Å². The Hall–Kier alpha value is -0.380. The van der Waals surface area contributed by atoms with Crippen molar-refractivity contribution in [2.45, 2.75) is 26.4 Å². The summed E-state index contributed by atoms with van der Waals surface area (Å²) in [6.07, 6.45) is 0.275. The third kappa shape index (κ3) is 2.06. The van der Waals surface area contributed by atoms with E-state index < -0.39 is 0 Å². The molecule has 0 aromatic carbocycles. The van der Waals surface area contributed by atoms with Crippen LogP contribution >= 0.6 is 11.3 Å². The fraction of sp³-hybridized carbons (Fsp3) is 0.556. The molecule has 2 nitrogen and oxygen atoms in total. The number of aliphatic hydroxyl groups is 1. The molecular formula is C9H15NOS. The molecule has 0 bridgehead atoms. The Labute approximate surface area is 77.0 Å². The van der Waals surface area contributed by atoms with Gasteiger partial charge < -0.3 is 10.8 Å². The Morgan fingerprint density at radius 2 is 2.25 bits per heavy atom. The Bertz CT molecular complexity index is 257. The number of nitrogens with two attached hydrogens (primary N) is 1. The zero-order valence-electron chi connectivity index (χ0n) is 7.50. The molecule has 3 heteroatoms. The molecule has 0 fully saturated rings. The van der Waals surface area contributed by atoms with Gasteiger partial charge in [-0.15, -0.1) is 11.3 Å². The summed E-state index contributed by atoms with van der Waals surface area (Å²) in [5.74, 6) is 0. The zero-order valence-corrected chi connectivity index (χ0v) is 8.32. The summed E-state index contributed by atoms with van der Waals surface area (Å²) in [5.41, 5.74) is 6.41. The Kier molecular flexibility index (Phi) is 3.26.